The first-order chi connectivity index (χ1) is 14.1. The standard InChI is InChI=1S/C18H14F3N7O2/c1-9-6-13(23-15(29)10-4-3-5-11(7-10)18(19,20)21)28(26-9)17-24-14-12(16(30)25-17)8-22-27(14)2/h3-8,12H,1-2H3,(H,23,29). The maximum Gasteiger partial charge on any atom is 0.416 e. The molecule has 2 aromatic rings. The number of aromatic nitrogens is 2. The van der Waals surface area contributed by atoms with E-state index < -0.39 is 29.5 Å². The Bertz CT molecular complexity index is 1150. The lowest BCUT2D eigenvalue weighted by atomic mass is 10.1. The van der Waals surface area contributed by atoms with E-state index in [1.54, 1.807) is 14.0 Å². The van der Waals surface area contributed by atoms with Crippen LogP contribution in [0.5, 0.6) is 0 Å². The van der Waals surface area contributed by atoms with Gasteiger partial charge in [-0.05, 0) is 25.1 Å². The Morgan fingerprint density at radius 3 is 2.70 bits per heavy atom. The van der Waals surface area contributed by atoms with Gasteiger partial charge in [-0.25, -0.2) is 0 Å². The minimum absolute atomic E-state index is 0.0870. The van der Waals surface area contributed by atoms with E-state index in [1.165, 1.54) is 23.4 Å². The predicted molar refractivity (Wildman–Crippen MR) is 101 cm³/mol. The molecule has 2 aliphatic rings. The Kier molecular flexibility index (Phi) is 4.48. The molecule has 0 spiro atoms. The monoisotopic (exact) mass is 417 g/mol. The van der Waals surface area contributed by atoms with Crippen LogP contribution < -0.4 is 5.32 Å². The Morgan fingerprint density at radius 1 is 1.20 bits per heavy atom. The summed E-state index contributed by atoms with van der Waals surface area (Å²) in [7, 11) is 1.62. The van der Waals surface area contributed by atoms with Crippen molar-refractivity contribution < 1.29 is 22.8 Å². The summed E-state index contributed by atoms with van der Waals surface area (Å²) in [6.07, 6.45) is -3.15. The molecule has 1 N–H and O–H groups in total. The number of carbonyl (C=O) groups is 2. The van der Waals surface area contributed by atoms with Crippen molar-refractivity contribution in [3.63, 3.8) is 0 Å². The highest BCUT2D eigenvalue weighted by Crippen LogP contribution is 2.29. The van der Waals surface area contributed by atoms with Crippen molar-refractivity contribution in [1.29, 1.82) is 0 Å². The van der Waals surface area contributed by atoms with Crippen molar-refractivity contribution in [3.8, 4) is 0 Å². The van der Waals surface area contributed by atoms with Crippen molar-refractivity contribution >= 4 is 35.6 Å². The SMILES string of the molecule is Cc1cc(NC(=O)c2cccc(C(F)(F)F)c2)n(C2=NC(=O)C3C=NN(C)C3=N2)n1. The summed E-state index contributed by atoms with van der Waals surface area (Å²) in [5.41, 5.74) is -0.654. The number of aliphatic imine (C=N–C) groups is 2. The van der Waals surface area contributed by atoms with E-state index in [4.69, 9.17) is 0 Å². The smallest absolute Gasteiger partial charge is 0.306 e. The second-order valence-corrected chi connectivity index (χ2v) is 6.60. The molecule has 1 aromatic heterocycles. The average Bonchev–Trinajstić information content (AvgIpc) is 3.24. The molecule has 2 amide bonds. The van der Waals surface area contributed by atoms with Crippen molar-refractivity contribution in [3.05, 3.63) is 47.2 Å². The Hall–Kier alpha value is -3.83. The molecule has 1 aromatic carbocycles. The summed E-state index contributed by atoms with van der Waals surface area (Å²) in [4.78, 5) is 33.0. The maximum atomic E-state index is 12.9. The lowest BCUT2D eigenvalue weighted by Gasteiger charge is -2.17. The van der Waals surface area contributed by atoms with Crippen LogP contribution in [-0.2, 0) is 11.0 Å². The number of hydrazone groups is 1. The maximum absolute atomic E-state index is 12.9. The highest BCUT2D eigenvalue weighted by molar-refractivity contribution is 6.24. The summed E-state index contributed by atoms with van der Waals surface area (Å²) in [6, 6.07) is 5.52. The van der Waals surface area contributed by atoms with Gasteiger partial charge in [0.15, 0.2) is 0 Å². The summed E-state index contributed by atoms with van der Waals surface area (Å²) in [5.74, 6) is -1.59. The van der Waals surface area contributed by atoms with Gasteiger partial charge in [0, 0.05) is 24.9 Å². The first kappa shape index (κ1) is 19.5. The molecule has 3 heterocycles. The van der Waals surface area contributed by atoms with Crippen LogP contribution in [0.15, 0.2) is 45.4 Å². The van der Waals surface area contributed by atoms with Crippen molar-refractivity contribution in [2.24, 2.45) is 21.0 Å². The molecule has 30 heavy (non-hydrogen) atoms. The Morgan fingerprint density at radius 2 is 1.97 bits per heavy atom. The number of nitrogens with one attached hydrogen (secondary N) is 1. The number of fused-ring (bicyclic) bond motifs is 1. The van der Waals surface area contributed by atoms with Crippen LogP contribution in [0.3, 0.4) is 0 Å². The number of anilines is 1. The molecule has 2 aliphatic heterocycles. The fraction of sp³-hybridized carbons (Fsp3) is 0.222. The van der Waals surface area contributed by atoms with E-state index >= 15 is 0 Å². The molecule has 154 valence electrons. The van der Waals surface area contributed by atoms with E-state index in [2.05, 4.69) is 25.5 Å². The zero-order valence-electron chi connectivity index (χ0n) is 15.7. The molecule has 0 saturated carbocycles. The van der Waals surface area contributed by atoms with Crippen LogP contribution in [0.25, 0.3) is 0 Å². The lowest BCUT2D eigenvalue weighted by Crippen LogP contribution is -2.35. The molecule has 0 fully saturated rings. The highest BCUT2D eigenvalue weighted by Gasteiger charge is 2.35. The second kappa shape index (κ2) is 6.90. The number of amides is 2. The number of nitrogens with zero attached hydrogens (tertiary/aromatic N) is 6. The molecule has 4 rings (SSSR count). The normalized spacial score (nSPS) is 18.2. The van der Waals surface area contributed by atoms with Crippen molar-refractivity contribution in [2.45, 2.75) is 13.1 Å². The molecule has 0 saturated heterocycles. The van der Waals surface area contributed by atoms with Crippen LogP contribution in [0.1, 0.15) is 21.6 Å². The topological polar surface area (TPSA) is 104 Å². The summed E-state index contributed by atoms with van der Waals surface area (Å²) in [6.45, 7) is 1.64. The Balaban J connectivity index is 1.65. The molecule has 1 atom stereocenters. The van der Waals surface area contributed by atoms with Gasteiger partial charge in [0.25, 0.3) is 17.8 Å². The number of aryl methyl sites for hydroxylation is 1. The number of rotatable bonds is 2. The highest BCUT2D eigenvalue weighted by atomic mass is 19.4. The fourth-order valence-corrected chi connectivity index (χ4v) is 2.97. The molecular formula is C18H14F3N7O2. The summed E-state index contributed by atoms with van der Waals surface area (Å²) >= 11 is 0. The van der Waals surface area contributed by atoms with Gasteiger partial charge in [-0.1, -0.05) is 6.07 Å². The van der Waals surface area contributed by atoms with Gasteiger partial charge in [-0.2, -0.15) is 38.0 Å². The van der Waals surface area contributed by atoms with Gasteiger partial charge >= 0.3 is 6.18 Å². The minimum Gasteiger partial charge on any atom is -0.306 e. The number of benzene rings is 1. The van der Waals surface area contributed by atoms with E-state index in [9.17, 15) is 22.8 Å². The van der Waals surface area contributed by atoms with E-state index in [-0.39, 0.29) is 17.3 Å². The van der Waals surface area contributed by atoms with Crippen molar-refractivity contribution in [2.75, 3.05) is 12.4 Å². The number of amidine groups is 1. The fourth-order valence-electron chi connectivity index (χ4n) is 2.97. The van der Waals surface area contributed by atoms with Crippen LogP contribution in [0, 0.1) is 12.8 Å². The quantitative estimate of drug-likeness (QED) is 0.809. The number of alkyl halides is 3. The van der Waals surface area contributed by atoms with Gasteiger partial charge in [0.2, 0.25) is 0 Å². The average molecular weight is 417 g/mol. The van der Waals surface area contributed by atoms with Crippen LogP contribution in [-0.4, -0.2) is 51.7 Å². The summed E-state index contributed by atoms with van der Waals surface area (Å²) < 4.78 is 39.9. The third kappa shape index (κ3) is 3.47. The zero-order valence-corrected chi connectivity index (χ0v) is 15.7. The largest absolute Gasteiger partial charge is 0.416 e. The molecule has 1 unspecified atom stereocenters. The Labute approximate surface area is 167 Å². The molecule has 12 heteroatoms. The van der Waals surface area contributed by atoms with Gasteiger partial charge < -0.3 is 5.32 Å². The first-order valence-electron chi connectivity index (χ1n) is 8.68. The molecule has 0 aliphatic carbocycles. The predicted octanol–water partition coefficient (Wildman–Crippen LogP) is 2.15. The van der Waals surface area contributed by atoms with Crippen molar-refractivity contribution in [1.82, 2.24) is 14.8 Å². The summed E-state index contributed by atoms with van der Waals surface area (Å²) in [5, 5.41) is 12.1. The number of halogens is 3. The molecular weight excluding hydrogens is 403 g/mol. The van der Waals surface area contributed by atoms with E-state index in [1.807, 2.05) is 0 Å². The minimum atomic E-state index is -4.58. The number of hydrogen-bond donors (Lipinski definition) is 1. The molecule has 9 nitrogen and oxygen atoms in total. The lowest BCUT2D eigenvalue weighted by molar-refractivity contribution is -0.137. The van der Waals surface area contributed by atoms with Gasteiger partial charge in [0.05, 0.1) is 11.3 Å². The number of carbonyl (C=O) groups excluding carboxylic acids is 2. The molecule has 0 radical (unpaired) electrons. The van der Waals surface area contributed by atoms with Gasteiger partial charge in [0.1, 0.15) is 17.6 Å². The third-order valence-electron chi connectivity index (χ3n) is 4.40. The van der Waals surface area contributed by atoms with E-state index in [0.29, 0.717) is 11.5 Å². The van der Waals surface area contributed by atoms with Gasteiger partial charge in [-0.15, -0.1) is 0 Å². The number of hydrogen-bond acceptors (Lipinski definition) is 6. The first-order valence-corrected chi connectivity index (χ1v) is 8.68. The molecule has 0 bridgehead atoms. The van der Waals surface area contributed by atoms with Crippen LogP contribution in [0.4, 0.5) is 19.0 Å². The zero-order chi connectivity index (χ0) is 21.6. The third-order valence-corrected chi connectivity index (χ3v) is 4.40. The van der Waals surface area contributed by atoms with Crippen LogP contribution in [0.2, 0.25) is 0 Å². The van der Waals surface area contributed by atoms with E-state index in [0.717, 1.165) is 22.9 Å². The van der Waals surface area contributed by atoms with Gasteiger partial charge in [-0.3, -0.25) is 14.6 Å². The second-order valence-electron chi connectivity index (χ2n) is 6.60. The van der Waals surface area contributed by atoms with Crippen LogP contribution >= 0.6 is 0 Å².